The third kappa shape index (κ3) is 2.83. The van der Waals surface area contributed by atoms with Gasteiger partial charge < -0.3 is 14.2 Å². The van der Waals surface area contributed by atoms with Crippen LogP contribution in [0.15, 0.2) is 57.8 Å². The highest BCUT2D eigenvalue weighted by Gasteiger charge is 2.08. The Morgan fingerprint density at radius 3 is 2.70 bits per heavy atom. The van der Waals surface area contributed by atoms with Gasteiger partial charge in [0.1, 0.15) is 5.76 Å². The Morgan fingerprint density at radius 2 is 1.95 bits per heavy atom. The molecule has 0 unspecified atom stereocenters. The van der Waals surface area contributed by atoms with Crippen LogP contribution in [0.3, 0.4) is 0 Å². The maximum atomic E-state index is 11.7. The topological polar surface area (TPSA) is 55.4 Å². The van der Waals surface area contributed by atoms with Crippen molar-refractivity contribution in [3.63, 3.8) is 0 Å². The fourth-order valence-corrected chi connectivity index (χ4v) is 2.83. The monoisotopic (exact) mass is 287 g/mol. The van der Waals surface area contributed by atoms with Gasteiger partial charge in [0.05, 0.1) is 17.4 Å². The minimum Gasteiger partial charge on any atom is -0.464 e. The molecule has 1 amide bonds. The summed E-state index contributed by atoms with van der Waals surface area (Å²) >= 11 is 1.67. The number of hydrogen-bond donors (Lipinski definition) is 1. The molecule has 0 aliphatic heterocycles. The average molecular weight is 287 g/mol. The highest BCUT2D eigenvalue weighted by atomic mass is 32.1. The van der Waals surface area contributed by atoms with Gasteiger partial charge in [-0.2, -0.15) is 0 Å². The standard InChI is InChI=1S/C15H13NO3S/c17-15(13-4-2-10-19-13)16-8-7-11-5-6-14(20-11)12-3-1-9-18-12/h1-6,9-10H,7-8H2,(H,16,17). The van der Waals surface area contributed by atoms with Crippen molar-refractivity contribution in [3.05, 3.63) is 59.6 Å². The number of carbonyl (C=O) groups excluding carboxylic acids is 1. The van der Waals surface area contributed by atoms with Gasteiger partial charge in [0.2, 0.25) is 0 Å². The normalized spacial score (nSPS) is 10.6. The van der Waals surface area contributed by atoms with E-state index < -0.39 is 0 Å². The number of furan rings is 2. The highest BCUT2D eigenvalue weighted by Crippen LogP contribution is 2.28. The Morgan fingerprint density at radius 1 is 1.10 bits per heavy atom. The van der Waals surface area contributed by atoms with Crippen LogP contribution in [0.2, 0.25) is 0 Å². The summed E-state index contributed by atoms with van der Waals surface area (Å²) in [6, 6.07) is 11.3. The molecule has 4 nitrogen and oxygen atoms in total. The molecule has 5 heteroatoms. The maximum Gasteiger partial charge on any atom is 0.286 e. The Bertz CT molecular complexity index is 668. The smallest absolute Gasteiger partial charge is 0.286 e. The molecule has 3 aromatic heterocycles. The molecule has 102 valence electrons. The second-order valence-corrected chi connectivity index (χ2v) is 5.39. The van der Waals surface area contributed by atoms with E-state index in [4.69, 9.17) is 8.83 Å². The van der Waals surface area contributed by atoms with Gasteiger partial charge in [-0.15, -0.1) is 11.3 Å². The van der Waals surface area contributed by atoms with E-state index >= 15 is 0 Å². The van der Waals surface area contributed by atoms with Gasteiger partial charge in [-0.05, 0) is 42.8 Å². The van der Waals surface area contributed by atoms with E-state index in [1.807, 2.05) is 18.2 Å². The summed E-state index contributed by atoms with van der Waals surface area (Å²) in [6.45, 7) is 0.581. The zero-order valence-electron chi connectivity index (χ0n) is 10.7. The van der Waals surface area contributed by atoms with Crippen LogP contribution in [-0.2, 0) is 6.42 Å². The lowest BCUT2D eigenvalue weighted by Crippen LogP contribution is -2.24. The summed E-state index contributed by atoms with van der Waals surface area (Å²) in [5.74, 6) is 1.03. The van der Waals surface area contributed by atoms with Crippen molar-refractivity contribution in [3.8, 4) is 10.6 Å². The van der Waals surface area contributed by atoms with Crippen LogP contribution in [0.25, 0.3) is 10.6 Å². The van der Waals surface area contributed by atoms with Gasteiger partial charge in [-0.25, -0.2) is 0 Å². The molecule has 0 radical (unpaired) electrons. The number of amides is 1. The van der Waals surface area contributed by atoms with Crippen LogP contribution in [0.4, 0.5) is 0 Å². The number of thiophene rings is 1. The number of nitrogens with one attached hydrogen (secondary N) is 1. The molecule has 0 spiro atoms. The fraction of sp³-hybridized carbons (Fsp3) is 0.133. The summed E-state index contributed by atoms with van der Waals surface area (Å²) in [6.07, 6.45) is 3.94. The highest BCUT2D eigenvalue weighted by molar-refractivity contribution is 7.15. The first kappa shape index (κ1) is 12.7. The van der Waals surface area contributed by atoms with E-state index in [1.165, 1.54) is 11.1 Å². The SMILES string of the molecule is O=C(NCCc1ccc(-c2ccco2)s1)c1ccco1. The van der Waals surface area contributed by atoms with Crippen LogP contribution in [0.5, 0.6) is 0 Å². The Kier molecular flexibility index (Phi) is 3.69. The quantitative estimate of drug-likeness (QED) is 0.780. The molecule has 1 N–H and O–H groups in total. The minimum absolute atomic E-state index is 0.183. The predicted molar refractivity (Wildman–Crippen MR) is 76.8 cm³/mol. The van der Waals surface area contributed by atoms with Gasteiger partial charge in [0.15, 0.2) is 5.76 Å². The second kappa shape index (κ2) is 5.79. The Labute approximate surface area is 120 Å². The first-order valence-corrected chi connectivity index (χ1v) is 7.09. The fourth-order valence-electron chi connectivity index (χ4n) is 1.86. The first-order valence-electron chi connectivity index (χ1n) is 6.27. The molecular formula is C15H13NO3S. The molecule has 0 saturated heterocycles. The lowest BCUT2D eigenvalue weighted by molar-refractivity contribution is 0.0926. The van der Waals surface area contributed by atoms with Gasteiger partial charge >= 0.3 is 0 Å². The van der Waals surface area contributed by atoms with Crippen molar-refractivity contribution in [2.75, 3.05) is 6.54 Å². The van der Waals surface area contributed by atoms with Crippen LogP contribution in [0, 0.1) is 0 Å². The molecule has 0 atom stereocenters. The van der Waals surface area contributed by atoms with Crippen LogP contribution < -0.4 is 5.32 Å². The molecule has 0 saturated carbocycles. The predicted octanol–water partition coefficient (Wildman–Crippen LogP) is 3.57. The summed E-state index contributed by atoms with van der Waals surface area (Å²) in [7, 11) is 0. The van der Waals surface area contributed by atoms with E-state index in [-0.39, 0.29) is 5.91 Å². The zero-order valence-corrected chi connectivity index (χ0v) is 11.5. The third-order valence-corrected chi connectivity index (χ3v) is 3.99. The molecular weight excluding hydrogens is 274 g/mol. The van der Waals surface area contributed by atoms with Crippen molar-refractivity contribution >= 4 is 17.2 Å². The number of hydrogen-bond acceptors (Lipinski definition) is 4. The second-order valence-electron chi connectivity index (χ2n) is 4.23. The number of carbonyl (C=O) groups is 1. The summed E-state index contributed by atoms with van der Waals surface area (Å²) < 4.78 is 10.4. The van der Waals surface area contributed by atoms with Crippen molar-refractivity contribution in [1.29, 1.82) is 0 Å². The van der Waals surface area contributed by atoms with Crippen LogP contribution in [0.1, 0.15) is 15.4 Å². The zero-order chi connectivity index (χ0) is 13.8. The molecule has 0 bridgehead atoms. The Balaban J connectivity index is 1.53. The molecule has 0 aliphatic rings. The molecule has 3 heterocycles. The Hall–Kier alpha value is -2.27. The van der Waals surface area contributed by atoms with Gasteiger partial charge in [-0.1, -0.05) is 0 Å². The van der Waals surface area contributed by atoms with Crippen molar-refractivity contribution in [1.82, 2.24) is 5.32 Å². The maximum absolute atomic E-state index is 11.7. The lowest BCUT2D eigenvalue weighted by Gasteiger charge is -2.01. The molecule has 0 fully saturated rings. The largest absolute Gasteiger partial charge is 0.464 e. The summed E-state index contributed by atoms with van der Waals surface area (Å²) in [5, 5.41) is 2.83. The van der Waals surface area contributed by atoms with E-state index in [1.54, 1.807) is 29.7 Å². The number of rotatable bonds is 5. The van der Waals surface area contributed by atoms with E-state index in [9.17, 15) is 4.79 Å². The van der Waals surface area contributed by atoms with Gasteiger partial charge in [0, 0.05) is 11.4 Å². The van der Waals surface area contributed by atoms with Crippen LogP contribution in [-0.4, -0.2) is 12.5 Å². The summed E-state index contributed by atoms with van der Waals surface area (Å²) in [5.41, 5.74) is 0. The molecule has 3 rings (SSSR count). The van der Waals surface area contributed by atoms with Crippen molar-refractivity contribution < 1.29 is 13.6 Å². The van der Waals surface area contributed by atoms with E-state index in [0.717, 1.165) is 17.1 Å². The van der Waals surface area contributed by atoms with Crippen molar-refractivity contribution in [2.24, 2.45) is 0 Å². The van der Waals surface area contributed by atoms with Crippen LogP contribution >= 0.6 is 11.3 Å². The molecule has 0 aromatic carbocycles. The lowest BCUT2D eigenvalue weighted by atomic mass is 10.3. The van der Waals surface area contributed by atoms with E-state index in [2.05, 4.69) is 11.4 Å². The molecule has 20 heavy (non-hydrogen) atoms. The van der Waals surface area contributed by atoms with Gasteiger partial charge in [-0.3, -0.25) is 4.79 Å². The minimum atomic E-state index is -0.183. The van der Waals surface area contributed by atoms with Gasteiger partial charge in [0.25, 0.3) is 5.91 Å². The average Bonchev–Trinajstić information content (AvgIpc) is 3.20. The van der Waals surface area contributed by atoms with Crippen molar-refractivity contribution in [2.45, 2.75) is 6.42 Å². The molecule has 0 aliphatic carbocycles. The third-order valence-electron chi connectivity index (χ3n) is 2.83. The summed E-state index contributed by atoms with van der Waals surface area (Å²) in [4.78, 5) is 14.0. The molecule has 3 aromatic rings. The van der Waals surface area contributed by atoms with E-state index in [0.29, 0.717) is 12.3 Å². The first-order chi connectivity index (χ1) is 9.83.